The summed E-state index contributed by atoms with van der Waals surface area (Å²) >= 11 is 0. The Morgan fingerprint density at radius 3 is 2.44 bits per heavy atom. The van der Waals surface area contributed by atoms with Crippen LogP contribution in [0.1, 0.15) is 58.8 Å². The zero-order valence-electron chi connectivity index (χ0n) is 11.1. The van der Waals surface area contributed by atoms with E-state index in [-0.39, 0.29) is 0 Å². The Bertz CT molecular complexity index is 205. The van der Waals surface area contributed by atoms with E-state index in [4.69, 9.17) is 0 Å². The third-order valence-electron chi connectivity index (χ3n) is 4.85. The highest BCUT2D eigenvalue weighted by Crippen LogP contribution is 2.27. The summed E-state index contributed by atoms with van der Waals surface area (Å²) < 4.78 is 0. The van der Waals surface area contributed by atoms with Gasteiger partial charge in [-0.05, 0) is 25.7 Å². The van der Waals surface area contributed by atoms with Crippen molar-refractivity contribution >= 4 is 0 Å². The summed E-state index contributed by atoms with van der Waals surface area (Å²) in [6.45, 7) is 8.41. The first-order valence-corrected chi connectivity index (χ1v) is 7.29. The van der Waals surface area contributed by atoms with Crippen molar-refractivity contribution in [2.24, 2.45) is 0 Å². The average molecular weight is 224 g/mol. The molecular weight excluding hydrogens is 196 g/mol. The highest BCUT2D eigenvalue weighted by atomic mass is 15.2. The number of nitrogens with one attached hydrogen (secondary N) is 1. The predicted octanol–water partition coefficient (Wildman–Crippen LogP) is 2.78. The molecule has 1 saturated carbocycles. The number of piperazine rings is 1. The highest BCUT2D eigenvalue weighted by molar-refractivity contribution is 4.95. The molecule has 0 aromatic carbocycles. The molecule has 1 aliphatic carbocycles. The van der Waals surface area contributed by atoms with Gasteiger partial charge in [-0.1, -0.05) is 33.1 Å². The van der Waals surface area contributed by atoms with Crippen LogP contribution in [0.15, 0.2) is 0 Å². The van der Waals surface area contributed by atoms with E-state index in [1.807, 2.05) is 0 Å². The van der Waals surface area contributed by atoms with E-state index in [0.29, 0.717) is 5.54 Å². The Labute approximate surface area is 101 Å². The fourth-order valence-corrected chi connectivity index (χ4v) is 3.47. The van der Waals surface area contributed by atoms with Gasteiger partial charge in [0, 0.05) is 31.2 Å². The lowest BCUT2D eigenvalue weighted by atomic mass is 9.87. The summed E-state index contributed by atoms with van der Waals surface area (Å²) in [7, 11) is 0. The molecule has 2 fully saturated rings. The van der Waals surface area contributed by atoms with Crippen molar-refractivity contribution in [3.63, 3.8) is 0 Å². The van der Waals surface area contributed by atoms with Crippen LogP contribution in [0.5, 0.6) is 0 Å². The van der Waals surface area contributed by atoms with E-state index >= 15 is 0 Å². The molecule has 0 bridgehead atoms. The first kappa shape index (κ1) is 12.4. The largest absolute Gasteiger partial charge is 0.309 e. The molecular formula is C14H28N2. The molecule has 0 atom stereocenters. The average Bonchev–Trinajstić information content (AvgIpc) is 2.40. The van der Waals surface area contributed by atoms with Crippen molar-refractivity contribution in [3.8, 4) is 0 Å². The maximum Gasteiger partial charge on any atom is 0.0304 e. The summed E-state index contributed by atoms with van der Waals surface area (Å²) in [6.07, 6.45) is 9.82. The Kier molecular flexibility index (Phi) is 4.26. The molecule has 2 rings (SSSR count). The van der Waals surface area contributed by atoms with E-state index in [1.54, 1.807) is 0 Å². The molecule has 1 aliphatic heterocycles. The van der Waals surface area contributed by atoms with Crippen LogP contribution in [-0.4, -0.2) is 36.1 Å². The molecule has 0 amide bonds. The third-order valence-corrected chi connectivity index (χ3v) is 4.85. The van der Waals surface area contributed by atoms with E-state index in [1.165, 1.54) is 64.6 Å². The van der Waals surface area contributed by atoms with Gasteiger partial charge in [0.2, 0.25) is 0 Å². The first-order valence-electron chi connectivity index (χ1n) is 7.29. The Balaban J connectivity index is 1.94. The minimum Gasteiger partial charge on any atom is -0.309 e. The van der Waals surface area contributed by atoms with Crippen molar-refractivity contribution in [1.29, 1.82) is 0 Å². The van der Waals surface area contributed by atoms with Crippen LogP contribution in [0, 0.1) is 0 Å². The molecule has 0 radical (unpaired) electrons. The molecule has 16 heavy (non-hydrogen) atoms. The fraction of sp³-hybridized carbons (Fsp3) is 1.00. The van der Waals surface area contributed by atoms with Gasteiger partial charge in [0.1, 0.15) is 0 Å². The van der Waals surface area contributed by atoms with Gasteiger partial charge < -0.3 is 5.32 Å². The number of rotatable bonds is 3. The van der Waals surface area contributed by atoms with Gasteiger partial charge in [0.15, 0.2) is 0 Å². The molecule has 1 saturated heterocycles. The molecule has 1 N–H and O–H groups in total. The van der Waals surface area contributed by atoms with Crippen molar-refractivity contribution in [3.05, 3.63) is 0 Å². The molecule has 0 spiro atoms. The smallest absolute Gasteiger partial charge is 0.0304 e. The van der Waals surface area contributed by atoms with E-state index in [0.717, 1.165) is 6.04 Å². The highest BCUT2D eigenvalue weighted by Gasteiger charge is 2.34. The zero-order chi connectivity index (χ0) is 11.4. The van der Waals surface area contributed by atoms with Gasteiger partial charge in [0.05, 0.1) is 0 Å². The van der Waals surface area contributed by atoms with Gasteiger partial charge in [0.25, 0.3) is 0 Å². The standard InChI is InChI=1S/C14H28N2/c1-3-14(4-2)12-16(11-10-15-14)13-8-6-5-7-9-13/h13,15H,3-12H2,1-2H3. The minimum absolute atomic E-state index is 0.412. The molecule has 2 nitrogen and oxygen atoms in total. The second-order valence-electron chi connectivity index (χ2n) is 5.68. The third kappa shape index (κ3) is 2.60. The Morgan fingerprint density at radius 1 is 1.12 bits per heavy atom. The number of hydrogen-bond acceptors (Lipinski definition) is 2. The van der Waals surface area contributed by atoms with Gasteiger partial charge in [-0.2, -0.15) is 0 Å². The van der Waals surface area contributed by atoms with Gasteiger partial charge in [-0.25, -0.2) is 0 Å². The van der Waals surface area contributed by atoms with Crippen LogP contribution < -0.4 is 5.32 Å². The van der Waals surface area contributed by atoms with Crippen molar-refractivity contribution in [1.82, 2.24) is 10.2 Å². The van der Waals surface area contributed by atoms with Crippen LogP contribution in [0.4, 0.5) is 0 Å². The molecule has 0 unspecified atom stereocenters. The number of hydrogen-bond donors (Lipinski definition) is 1. The second kappa shape index (κ2) is 5.50. The molecule has 2 heteroatoms. The van der Waals surface area contributed by atoms with E-state index < -0.39 is 0 Å². The summed E-state index contributed by atoms with van der Waals surface area (Å²) in [5.74, 6) is 0. The van der Waals surface area contributed by atoms with Crippen LogP contribution in [0.2, 0.25) is 0 Å². The molecule has 94 valence electrons. The van der Waals surface area contributed by atoms with Gasteiger partial charge >= 0.3 is 0 Å². The first-order chi connectivity index (χ1) is 7.79. The summed E-state index contributed by atoms with van der Waals surface area (Å²) in [6, 6.07) is 0.897. The summed E-state index contributed by atoms with van der Waals surface area (Å²) in [5, 5.41) is 3.76. The number of nitrogens with zero attached hydrogens (tertiary/aromatic N) is 1. The SMILES string of the molecule is CCC1(CC)CN(C2CCCCC2)CCN1. The maximum absolute atomic E-state index is 3.76. The van der Waals surface area contributed by atoms with Crippen LogP contribution >= 0.6 is 0 Å². The topological polar surface area (TPSA) is 15.3 Å². The Morgan fingerprint density at radius 2 is 1.81 bits per heavy atom. The summed E-state index contributed by atoms with van der Waals surface area (Å²) in [5.41, 5.74) is 0.412. The van der Waals surface area contributed by atoms with Crippen molar-refractivity contribution in [2.45, 2.75) is 70.4 Å². The normalized spacial score (nSPS) is 28.1. The monoisotopic (exact) mass is 224 g/mol. The van der Waals surface area contributed by atoms with Crippen molar-refractivity contribution in [2.75, 3.05) is 19.6 Å². The maximum atomic E-state index is 3.76. The summed E-state index contributed by atoms with van der Waals surface area (Å²) in [4.78, 5) is 2.78. The van der Waals surface area contributed by atoms with Gasteiger partial charge in [-0.3, -0.25) is 4.90 Å². The molecule has 0 aromatic rings. The Hall–Kier alpha value is -0.0800. The molecule has 1 heterocycles. The quantitative estimate of drug-likeness (QED) is 0.793. The van der Waals surface area contributed by atoms with Crippen LogP contribution in [0.25, 0.3) is 0 Å². The lowest BCUT2D eigenvalue weighted by molar-refractivity contribution is 0.0689. The van der Waals surface area contributed by atoms with E-state index in [2.05, 4.69) is 24.1 Å². The minimum atomic E-state index is 0.412. The van der Waals surface area contributed by atoms with E-state index in [9.17, 15) is 0 Å². The van der Waals surface area contributed by atoms with Crippen LogP contribution in [0.3, 0.4) is 0 Å². The van der Waals surface area contributed by atoms with Crippen LogP contribution in [-0.2, 0) is 0 Å². The second-order valence-corrected chi connectivity index (χ2v) is 5.68. The molecule has 2 aliphatic rings. The lowest BCUT2D eigenvalue weighted by Crippen LogP contribution is -2.61. The zero-order valence-corrected chi connectivity index (χ0v) is 11.1. The lowest BCUT2D eigenvalue weighted by Gasteiger charge is -2.47. The van der Waals surface area contributed by atoms with Gasteiger partial charge in [-0.15, -0.1) is 0 Å². The van der Waals surface area contributed by atoms with Crippen molar-refractivity contribution < 1.29 is 0 Å². The fourth-order valence-electron chi connectivity index (χ4n) is 3.47. The molecule has 0 aromatic heterocycles. The predicted molar refractivity (Wildman–Crippen MR) is 69.8 cm³/mol.